The molecule has 0 saturated heterocycles. The Kier molecular flexibility index (Phi) is 4.61. The number of aryl methyl sites for hydroxylation is 1. The molecule has 4 heteroatoms. The van der Waals surface area contributed by atoms with Gasteiger partial charge in [0.25, 0.3) is 0 Å². The van der Waals surface area contributed by atoms with Gasteiger partial charge in [-0.25, -0.2) is 9.97 Å². The van der Waals surface area contributed by atoms with E-state index in [4.69, 9.17) is 11.6 Å². The number of nitrogens with zero attached hydrogens (tertiary/aromatic N) is 2. The summed E-state index contributed by atoms with van der Waals surface area (Å²) in [5.41, 5.74) is 2.04. The van der Waals surface area contributed by atoms with Crippen LogP contribution in [0.4, 0.5) is 5.82 Å². The van der Waals surface area contributed by atoms with Gasteiger partial charge in [-0.05, 0) is 25.5 Å². The van der Waals surface area contributed by atoms with E-state index >= 15 is 0 Å². The Bertz CT molecular complexity index is 596. The Morgan fingerprint density at radius 3 is 2.45 bits per heavy atom. The van der Waals surface area contributed by atoms with E-state index in [9.17, 15) is 0 Å². The number of rotatable bonds is 4. The van der Waals surface area contributed by atoms with Gasteiger partial charge in [0, 0.05) is 22.7 Å². The van der Waals surface area contributed by atoms with Gasteiger partial charge in [0.2, 0.25) is 0 Å². The molecule has 106 valence electrons. The van der Waals surface area contributed by atoms with Crippen LogP contribution in [-0.4, -0.2) is 9.97 Å². The van der Waals surface area contributed by atoms with Crippen molar-refractivity contribution >= 4 is 17.4 Å². The highest BCUT2D eigenvalue weighted by molar-refractivity contribution is 6.31. The predicted molar refractivity (Wildman–Crippen MR) is 84.3 cm³/mol. The quantitative estimate of drug-likeness (QED) is 0.884. The molecule has 0 aliphatic carbocycles. The van der Waals surface area contributed by atoms with Crippen LogP contribution < -0.4 is 5.32 Å². The molecule has 1 heterocycles. The highest BCUT2D eigenvalue weighted by Gasteiger charge is 2.11. The summed E-state index contributed by atoms with van der Waals surface area (Å²) < 4.78 is 0. The standard InChI is InChI=1S/C16H20ClN3/c1-10(2)16-18-11(3)9-15(20-16)19-12(4)13-7-5-6-8-14(13)17/h5-10,12H,1-4H3,(H,18,19,20). The van der Waals surface area contributed by atoms with Gasteiger partial charge in [-0.2, -0.15) is 0 Å². The fourth-order valence-corrected chi connectivity index (χ4v) is 2.35. The van der Waals surface area contributed by atoms with Gasteiger partial charge in [0.05, 0.1) is 6.04 Å². The van der Waals surface area contributed by atoms with Crippen molar-refractivity contribution in [2.45, 2.75) is 39.7 Å². The zero-order valence-electron chi connectivity index (χ0n) is 12.3. The van der Waals surface area contributed by atoms with Crippen LogP contribution in [-0.2, 0) is 0 Å². The number of hydrogen-bond acceptors (Lipinski definition) is 3. The van der Waals surface area contributed by atoms with Crippen LogP contribution in [0.1, 0.15) is 49.8 Å². The molecule has 1 N–H and O–H groups in total. The first-order valence-corrected chi connectivity index (χ1v) is 7.21. The molecule has 0 amide bonds. The molecule has 20 heavy (non-hydrogen) atoms. The fraction of sp³-hybridized carbons (Fsp3) is 0.375. The molecule has 0 aliphatic heterocycles. The number of anilines is 1. The average Bonchev–Trinajstić information content (AvgIpc) is 2.38. The van der Waals surface area contributed by atoms with Crippen LogP contribution in [0.2, 0.25) is 5.02 Å². The lowest BCUT2D eigenvalue weighted by atomic mass is 10.1. The summed E-state index contributed by atoms with van der Waals surface area (Å²) >= 11 is 6.23. The van der Waals surface area contributed by atoms with Gasteiger partial charge in [-0.15, -0.1) is 0 Å². The van der Waals surface area contributed by atoms with Crippen molar-refractivity contribution in [1.29, 1.82) is 0 Å². The summed E-state index contributed by atoms with van der Waals surface area (Å²) in [6, 6.07) is 9.91. The second-order valence-corrected chi connectivity index (χ2v) is 5.70. The topological polar surface area (TPSA) is 37.8 Å². The maximum atomic E-state index is 6.23. The molecule has 1 unspecified atom stereocenters. The van der Waals surface area contributed by atoms with E-state index in [-0.39, 0.29) is 6.04 Å². The summed E-state index contributed by atoms with van der Waals surface area (Å²) in [7, 11) is 0. The van der Waals surface area contributed by atoms with Crippen LogP contribution in [0.3, 0.4) is 0 Å². The third-order valence-corrected chi connectivity index (χ3v) is 3.47. The maximum absolute atomic E-state index is 6.23. The third kappa shape index (κ3) is 3.48. The van der Waals surface area contributed by atoms with Crippen LogP contribution in [0, 0.1) is 6.92 Å². The second-order valence-electron chi connectivity index (χ2n) is 5.30. The molecular weight excluding hydrogens is 270 g/mol. The average molecular weight is 290 g/mol. The van der Waals surface area contributed by atoms with Crippen molar-refractivity contribution in [2.24, 2.45) is 0 Å². The molecule has 2 aromatic rings. The van der Waals surface area contributed by atoms with E-state index < -0.39 is 0 Å². The number of aromatic nitrogens is 2. The molecule has 1 aromatic heterocycles. The number of hydrogen-bond donors (Lipinski definition) is 1. The Morgan fingerprint density at radius 2 is 1.80 bits per heavy atom. The Morgan fingerprint density at radius 1 is 1.10 bits per heavy atom. The molecule has 0 bridgehead atoms. The lowest BCUT2D eigenvalue weighted by Crippen LogP contribution is -2.11. The van der Waals surface area contributed by atoms with E-state index in [0.717, 1.165) is 27.9 Å². The first-order valence-electron chi connectivity index (χ1n) is 6.84. The zero-order valence-corrected chi connectivity index (χ0v) is 13.1. The van der Waals surface area contributed by atoms with Crippen molar-refractivity contribution in [2.75, 3.05) is 5.32 Å². The van der Waals surface area contributed by atoms with Gasteiger partial charge in [-0.3, -0.25) is 0 Å². The summed E-state index contributed by atoms with van der Waals surface area (Å²) in [4.78, 5) is 9.02. The summed E-state index contributed by atoms with van der Waals surface area (Å²) in [5, 5.41) is 4.17. The molecule has 0 fully saturated rings. The Labute approximate surface area is 125 Å². The van der Waals surface area contributed by atoms with Crippen LogP contribution >= 0.6 is 11.6 Å². The van der Waals surface area contributed by atoms with Crippen molar-refractivity contribution in [3.8, 4) is 0 Å². The number of benzene rings is 1. The van der Waals surface area contributed by atoms with Gasteiger partial charge in [0.1, 0.15) is 11.6 Å². The number of halogens is 1. The van der Waals surface area contributed by atoms with Gasteiger partial charge < -0.3 is 5.32 Å². The summed E-state index contributed by atoms with van der Waals surface area (Å²) in [6.07, 6.45) is 0. The number of nitrogens with one attached hydrogen (secondary N) is 1. The molecule has 1 aromatic carbocycles. The highest BCUT2D eigenvalue weighted by atomic mass is 35.5. The molecule has 0 saturated carbocycles. The van der Waals surface area contributed by atoms with Crippen molar-refractivity contribution in [3.05, 3.63) is 52.4 Å². The molecule has 0 spiro atoms. The smallest absolute Gasteiger partial charge is 0.133 e. The zero-order chi connectivity index (χ0) is 14.7. The van der Waals surface area contributed by atoms with E-state index in [2.05, 4.69) is 36.1 Å². The fourth-order valence-electron chi connectivity index (χ4n) is 2.05. The minimum absolute atomic E-state index is 0.0954. The summed E-state index contributed by atoms with van der Waals surface area (Å²) in [6.45, 7) is 8.25. The van der Waals surface area contributed by atoms with Gasteiger partial charge in [-0.1, -0.05) is 43.6 Å². The van der Waals surface area contributed by atoms with E-state index in [1.54, 1.807) is 0 Å². The maximum Gasteiger partial charge on any atom is 0.133 e. The molecule has 0 radical (unpaired) electrons. The normalized spacial score (nSPS) is 12.5. The van der Waals surface area contributed by atoms with E-state index in [0.29, 0.717) is 5.92 Å². The van der Waals surface area contributed by atoms with Crippen LogP contribution in [0.15, 0.2) is 30.3 Å². The van der Waals surface area contributed by atoms with Crippen LogP contribution in [0.5, 0.6) is 0 Å². The van der Waals surface area contributed by atoms with Crippen molar-refractivity contribution in [3.63, 3.8) is 0 Å². The van der Waals surface area contributed by atoms with Crippen molar-refractivity contribution < 1.29 is 0 Å². The predicted octanol–water partition coefficient (Wildman–Crippen LogP) is 4.73. The van der Waals surface area contributed by atoms with Gasteiger partial charge in [0.15, 0.2) is 0 Å². The van der Waals surface area contributed by atoms with Crippen molar-refractivity contribution in [1.82, 2.24) is 9.97 Å². The molecular formula is C16H20ClN3. The first-order chi connectivity index (χ1) is 9.47. The highest BCUT2D eigenvalue weighted by Crippen LogP contribution is 2.25. The second kappa shape index (κ2) is 6.23. The monoisotopic (exact) mass is 289 g/mol. The third-order valence-electron chi connectivity index (χ3n) is 3.12. The summed E-state index contributed by atoms with van der Waals surface area (Å²) in [5.74, 6) is 2.01. The minimum atomic E-state index is 0.0954. The minimum Gasteiger partial charge on any atom is -0.363 e. The van der Waals surface area contributed by atoms with E-state index in [1.807, 2.05) is 37.3 Å². The largest absolute Gasteiger partial charge is 0.363 e. The Hall–Kier alpha value is -1.61. The first kappa shape index (κ1) is 14.8. The van der Waals surface area contributed by atoms with Crippen LogP contribution in [0.25, 0.3) is 0 Å². The Balaban J connectivity index is 2.24. The van der Waals surface area contributed by atoms with Gasteiger partial charge >= 0.3 is 0 Å². The molecule has 0 aliphatic rings. The SMILES string of the molecule is Cc1cc(NC(C)c2ccccc2Cl)nc(C(C)C)n1. The lowest BCUT2D eigenvalue weighted by Gasteiger charge is -2.17. The molecule has 2 rings (SSSR count). The molecule has 3 nitrogen and oxygen atoms in total. The lowest BCUT2D eigenvalue weighted by molar-refractivity contribution is 0.761. The molecule has 1 atom stereocenters. The van der Waals surface area contributed by atoms with E-state index in [1.165, 1.54) is 0 Å².